The van der Waals surface area contributed by atoms with E-state index < -0.39 is 10.0 Å². The van der Waals surface area contributed by atoms with E-state index >= 15 is 0 Å². The number of nitrogens with zero attached hydrogens (tertiary/aromatic N) is 2. The smallest absolute Gasteiger partial charge is 0.263 e. The van der Waals surface area contributed by atoms with E-state index in [2.05, 4.69) is 25.6 Å². The van der Waals surface area contributed by atoms with Gasteiger partial charge in [-0.2, -0.15) is 5.26 Å². The molecule has 0 fully saturated rings. The fourth-order valence-electron chi connectivity index (χ4n) is 1.41. The lowest BCUT2D eigenvalue weighted by atomic mass is 10.2. The second kappa shape index (κ2) is 5.38. The van der Waals surface area contributed by atoms with Gasteiger partial charge >= 0.3 is 0 Å². The molecule has 0 aliphatic rings. The lowest BCUT2D eigenvalue weighted by Crippen LogP contribution is -2.14. The van der Waals surface area contributed by atoms with Crippen molar-refractivity contribution in [3.8, 4) is 6.07 Å². The second-order valence-electron chi connectivity index (χ2n) is 3.60. The van der Waals surface area contributed by atoms with Gasteiger partial charge in [0, 0.05) is 16.9 Å². The summed E-state index contributed by atoms with van der Waals surface area (Å²) in [6.45, 7) is 0. The molecule has 1 N–H and O–H groups in total. The highest BCUT2D eigenvalue weighted by Crippen LogP contribution is 2.20. The van der Waals surface area contributed by atoms with Crippen LogP contribution in [0.25, 0.3) is 0 Å². The third-order valence-electron chi connectivity index (χ3n) is 2.28. The number of nitrogens with one attached hydrogen (secondary N) is 1. The van der Waals surface area contributed by atoms with Gasteiger partial charge in [-0.05, 0) is 34.1 Å². The van der Waals surface area contributed by atoms with Gasteiger partial charge in [-0.1, -0.05) is 12.1 Å². The Kier molecular flexibility index (Phi) is 3.83. The molecule has 1 aromatic carbocycles. The summed E-state index contributed by atoms with van der Waals surface area (Å²) in [7, 11) is -3.76. The van der Waals surface area contributed by atoms with Crippen molar-refractivity contribution in [2.45, 2.75) is 4.90 Å². The third-order valence-corrected chi connectivity index (χ3v) is 4.05. The fraction of sp³-hybridized carbons (Fsp3) is 0. The predicted octanol–water partition coefficient (Wildman–Crippen LogP) is 2.52. The van der Waals surface area contributed by atoms with Crippen LogP contribution in [-0.4, -0.2) is 13.4 Å². The Hall–Kier alpha value is -1.91. The van der Waals surface area contributed by atoms with Crippen LogP contribution in [0, 0.1) is 11.3 Å². The van der Waals surface area contributed by atoms with Crippen molar-refractivity contribution in [2.24, 2.45) is 0 Å². The molecule has 0 amide bonds. The maximum Gasteiger partial charge on any atom is 0.263 e. The molecule has 0 aliphatic heterocycles. The highest BCUT2D eigenvalue weighted by atomic mass is 79.9. The van der Waals surface area contributed by atoms with Gasteiger partial charge in [0.2, 0.25) is 0 Å². The van der Waals surface area contributed by atoms with Crippen LogP contribution < -0.4 is 4.72 Å². The highest BCUT2D eigenvalue weighted by molar-refractivity contribution is 9.10. The van der Waals surface area contributed by atoms with Gasteiger partial charge in [-0.25, -0.2) is 8.42 Å². The number of hydrogen-bond acceptors (Lipinski definition) is 4. The zero-order chi connectivity index (χ0) is 13.9. The molecule has 1 heterocycles. The molecule has 0 saturated carbocycles. The van der Waals surface area contributed by atoms with Gasteiger partial charge in [0.1, 0.15) is 11.0 Å². The molecule has 2 rings (SSSR count). The van der Waals surface area contributed by atoms with Crippen molar-refractivity contribution in [3.05, 3.63) is 52.8 Å². The zero-order valence-corrected chi connectivity index (χ0v) is 11.9. The van der Waals surface area contributed by atoms with E-state index in [-0.39, 0.29) is 16.1 Å². The summed E-state index contributed by atoms with van der Waals surface area (Å²) in [5, 5.41) is 8.93. The Labute approximate surface area is 119 Å². The Morgan fingerprint density at radius 3 is 2.68 bits per heavy atom. The van der Waals surface area contributed by atoms with Crippen LogP contribution in [0.4, 0.5) is 5.69 Å². The Bertz CT molecular complexity index is 754. The molecule has 0 radical (unpaired) electrons. The number of hydrogen-bond donors (Lipinski definition) is 1. The van der Waals surface area contributed by atoms with Gasteiger partial charge in [0.05, 0.1) is 11.3 Å². The van der Waals surface area contributed by atoms with Crippen molar-refractivity contribution >= 4 is 31.6 Å². The first kappa shape index (κ1) is 13.5. The van der Waals surface area contributed by atoms with E-state index in [1.165, 1.54) is 30.6 Å². The normalized spacial score (nSPS) is 10.7. The number of benzene rings is 1. The summed E-state index contributed by atoms with van der Waals surface area (Å²) in [5.74, 6) is 0. The number of nitriles is 1. The number of pyridine rings is 1. The Morgan fingerprint density at radius 1 is 1.26 bits per heavy atom. The number of halogens is 1. The average molecular weight is 338 g/mol. The van der Waals surface area contributed by atoms with E-state index in [0.717, 1.165) is 0 Å². The first-order valence-electron chi connectivity index (χ1n) is 5.15. The van der Waals surface area contributed by atoms with Crippen LogP contribution in [0.3, 0.4) is 0 Å². The van der Waals surface area contributed by atoms with E-state index in [4.69, 9.17) is 5.26 Å². The summed E-state index contributed by atoms with van der Waals surface area (Å²) in [6, 6.07) is 9.75. The number of anilines is 1. The van der Waals surface area contributed by atoms with E-state index in [1.807, 2.05) is 6.07 Å². The topological polar surface area (TPSA) is 82.9 Å². The SMILES string of the molecule is N#Cc1ccccc1NS(=O)(=O)c1cncc(Br)c1. The minimum Gasteiger partial charge on any atom is -0.278 e. The molecule has 0 aliphatic carbocycles. The van der Waals surface area contributed by atoms with Gasteiger partial charge in [0.25, 0.3) is 10.0 Å². The van der Waals surface area contributed by atoms with Crippen LogP contribution in [0.2, 0.25) is 0 Å². The molecule has 0 unspecified atom stereocenters. The predicted molar refractivity (Wildman–Crippen MR) is 73.9 cm³/mol. The standard InChI is InChI=1S/C12H8BrN3O2S/c13-10-5-11(8-15-7-10)19(17,18)16-12-4-2-1-3-9(12)6-14/h1-5,7-8,16H. The molecular weight excluding hydrogens is 330 g/mol. The van der Waals surface area contributed by atoms with E-state index in [0.29, 0.717) is 4.47 Å². The fourth-order valence-corrected chi connectivity index (χ4v) is 3.00. The van der Waals surface area contributed by atoms with E-state index in [9.17, 15) is 8.42 Å². The minimum atomic E-state index is -3.76. The van der Waals surface area contributed by atoms with Crippen molar-refractivity contribution in [1.29, 1.82) is 5.26 Å². The summed E-state index contributed by atoms with van der Waals surface area (Å²) in [5.41, 5.74) is 0.499. The second-order valence-corrected chi connectivity index (χ2v) is 6.20. The van der Waals surface area contributed by atoms with Crippen LogP contribution in [0.1, 0.15) is 5.56 Å². The third kappa shape index (κ3) is 3.10. The van der Waals surface area contributed by atoms with Crippen molar-refractivity contribution in [1.82, 2.24) is 4.98 Å². The lowest BCUT2D eigenvalue weighted by Gasteiger charge is -2.09. The quantitative estimate of drug-likeness (QED) is 0.932. The van der Waals surface area contributed by atoms with Crippen LogP contribution >= 0.6 is 15.9 Å². The summed E-state index contributed by atoms with van der Waals surface area (Å²) in [4.78, 5) is 3.83. The van der Waals surface area contributed by atoms with Crippen LogP contribution in [0.15, 0.2) is 52.1 Å². The number of rotatable bonds is 3. The molecule has 1 aromatic heterocycles. The molecule has 0 saturated heterocycles. The average Bonchev–Trinajstić information content (AvgIpc) is 2.39. The molecule has 96 valence electrons. The van der Waals surface area contributed by atoms with Gasteiger partial charge < -0.3 is 0 Å². The first-order chi connectivity index (χ1) is 9.03. The first-order valence-corrected chi connectivity index (χ1v) is 7.43. The zero-order valence-electron chi connectivity index (χ0n) is 9.54. The molecule has 5 nitrogen and oxygen atoms in total. The molecule has 19 heavy (non-hydrogen) atoms. The monoisotopic (exact) mass is 337 g/mol. The number of sulfonamides is 1. The van der Waals surface area contributed by atoms with Crippen molar-refractivity contribution in [3.63, 3.8) is 0 Å². The largest absolute Gasteiger partial charge is 0.278 e. The maximum atomic E-state index is 12.1. The summed E-state index contributed by atoms with van der Waals surface area (Å²) in [6.07, 6.45) is 2.73. The number of para-hydroxylation sites is 1. The molecular formula is C12H8BrN3O2S. The van der Waals surface area contributed by atoms with Crippen molar-refractivity contribution in [2.75, 3.05) is 4.72 Å². The molecule has 2 aromatic rings. The molecule has 0 atom stereocenters. The van der Waals surface area contributed by atoms with Gasteiger partial charge in [-0.3, -0.25) is 9.71 Å². The lowest BCUT2D eigenvalue weighted by molar-refractivity contribution is 0.600. The van der Waals surface area contributed by atoms with Crippen molar-refractivity contribution < 1.29 is 8.42 Å². The summed E-state index contributed by atoms with van der Waals surface area (Å²) >= 11 is 3.16. The molecule has 7 heteroatoms. The van der Waals surface area contributed by atoms with E-state index in [1.54, 1.807) is 12.1 Å². The van der Waals surface area contributed by atoms with Gasteiger partial charge in [0.15, 0.2) is 0 Å². The Morgan fingerprint density at radius 2 is 2.00 bits per heavy atom. The molecule has 0 spiro atoms. The summed E-state index contributed by atoms with van der Waals surface area (Å²) < 4.78 is 27.2. The maximum absolute atomic E-state index is 12.1. The highest BCUT2D eigenvalue weighted by Gasteiger charge is 2.16. The molecule has 0 bridgehead atoms. The number of aromatic nitrogens is 1. The minimum absolute atomic E-state index is 0.0228. The van der Waals surface area contributed by atoms with Gasteiger partial charge in [-0.15, -0.1) is 0 Å². The van der Waals surface area contributed by atoms with Crippen LogP contribution in [0.5, 0.6) is 0 Å². The van der Waals surface area contributed by atoms with Crippen LogP contribution in [-0.2, 0) is 10.0 Å². The Balaban J connectivity index is 2.40.